The monoisotopic (exact) mass is 313 g/mol. The zero-order valence-corrected chi connectivity index (χ0v) is 13.4. The van der Waals surface area contributed by atoms with Gasteiger partial charge in [0, 0.05) is 11.3 Å². The lowest BCUT2D eigenvalue weighted by Gasteiger charge is -2.40. The molecule has 1 N–H and O–H groups in total. The second-order valence-electron chi connectivity index (χ2n) is 6.59. The Morgan fingerprint density at radius 2 is 1.33 bits per heavy atom. The number of hydrogen-bond acceptors (Lipinski definition) is 2. The molecule has 5 rings (SSSR count). The lowest BCUT2D eigenvalue weighted by molar-refractivity contribution is 0.00276. The van der Waals surface area contributed by atoms with E-state index in [1.807, 2.05) is 0 Å². The van der Waals surface area contributed by atoms with Crippen LogP contribution >= 0.6 is 0 Å². The first-order valence-electron chi connectivity index (χ1n) is 8.50. The van der Waals surface area contributed by atoms with Crippen molar-refractivity contribution < 1.29 is 4.74 Å². The average molecular weight is 313 g/mol. The molecule has 0 aliphatic carbocycles. The molecule has 24 heavy (non-hydrogen) atoms. The summed E-state index contributed by atoms with van der Waals surface area (Å²) in [5.74, 6) is 0. The molecule has 0 amide bonds. The topological polar surface area (TPSA) is 21.3 Å². The molecule has 2 nitrogen and oxygen atoms in total. The number of para-hydroxylation sites is 1. The minimum Gasteiger partial charge on any atom is -0.353 e. The van der Waals surface area contributed by atoms with E-state index in [9.17, 15) is 0 Å². The highest BCUT2D eigenvalue weighted by Gasteiger charge is 2.63. The van der Waals surface area contributed by atoms with Gasteiger partial charge in [-0.3, -0.25) is 0 Å². The molecule has 0 radical (unpaired) electrons. The minimum atomic E-state index is -0.542. The third-order valence-electron chi connectivity index (χ3n) is 5.54. The van der Waals surface area contributed by atoms with Crippen molar-refractivity contribution in [3.05, 3.63) is 102 Å². The van der Waals surface area contributed by atoms with Gasteiger partial charge in [0.15, 0.2) is 5.72 Å². The van der Waals surface area contributed by atoms with Gasteiger partial charge in [0.1, 0.15) is 0 Å². The van der Waals surface area contributed by atoms with E-state index < -0.39 is 5.72 Å². The zero-order chi connectivity index (χ0) is 16.0. The Labute approximate surface area is 142 Å². The Hall–Kier alpha value is -2.58. The van der Waals surface area contributed by atoms with Crippen LogP contribution in [0.3, 0.4) is 0 Å². The molecule has 2 atom stereocenters. The van der Waals surface area contributed by atoms with Gasteiger partial charge in [0.2, 0.25) is 0 Å². The van der Waals surface area contributed by atoms with Crippen LogP contribution in [0.15, 0.2) is 84.9 Å². The van der Waals surface area contributed by atoms with Gasteiger partial charge in [-0.05, 0) is 23.6 Å². The van der Waals surface area contributed by atoms with E-state index in [1.54, 1.807) is 0 Å². The standard InChI is InChI=1S/C22H19NO/c1-3-9-17(10-4-1)21-15-16-24-22(21,18-11-5-2-6-12-18)23-20-14-8-7-13-19(20)21/h1-14,23H,15-16H2/t21-,22+/m1/s1. The molecule has 1 saturated heterocycles. The highest BCUT2D eigenvalue weighted by Crippen LogP contribution is 2.61. The summed E-state index contributed by atoms with van der Waals surface area (Å²) in [6.45, 7) is 0.741. The molecular weight excluding hydrogens is 294 g/mol. The van der Waals surface area contributed by atoms with E-state index in [2.05, 4.69) is 90.2 Å². The average Bonchev–Trinajstić information content (AvgIpc) is 3.16. The van der Waals surface area contributed by atoms with Crippen LogP contribution in [-0.2, 0) is 15.9 Å². The molecule has 2 heteroatoms. The SMILES string of the molecule is c1ccc([C@@]23CCO[C@]2(c2ccccc2)Nc2ccccc23)cc1. The summed E-state index contributed by atoms with van der Waals surface area (Å²) in [4.78, 5) is 0. The molecule has 1 fully saturated rings. The second-order valence-corrected chi connectivity index (χ2v) is 6.59. The number of nitrogens with one attached hydrogen (secondary N) is 1. The lowest BCUT2D eigenvalue weighted by Crippen LogP contribution is -2.47. The largest absolute Gasteiger partial charge is 0.353 e. The number of anilines is 1. The maximum atomic E-state index is 6.48. The van der Waals surface area contributed by atoms with Crippen LogP contribution in [0.5, 0.6) is 0 Å². The molecule has 2 aliphatic heterocycles. The van der Waals surface area contributed by atoms with E-state index in [4.69, 9.17) is 4.74 Å². The summed E-state index contributed by atoms with van der Waals surface area (Å²) in [7, 11) is 0. The van der Waals surface area contributed by atoms with Crippen LogP contribution in [0, 0.1) is 0 Å². The van der Waals surface area contributed by atoms with Gasteiger partial charge in [0.25, 0.3) is 0 Å². The first-order valence-corrected chi connectivity index (χ1v) is 8.50. The van der Waals surface area contributed by atoms with Gasteiger partial charge in [0.05, 0.1) is 12.0 Å². The molecule has 3 aromatic rings. The van der Waals surface area contributed by atoms with Crippen molar-refractivity contribution in [3.63, 3.8) is 0 Å². The number of hydrogen-bond donors (Lipinski definition) is 1. The summed E-state index contributed by atoms with van der Waals surface area (Å²) in [6.07, 6.45) is 0.968. The highest BCUT2D eigenvalue weighted by atomic mass is 16.5. The third kappa shape index (κ3) is 1.59. The fourth-order valence-electron chi connectivity index (χ4n) is 4.58. The van der Waals surface area contributed by atoms with Crippen molar-refractivity contribution in [1.29, 1.82) is 0 Å². The van der Waals surface area contributed by atoms with Crippen molar-refractivity contribution in [2.75, 3.05) is 11.9 Å². The maximum absolute atomic E-state index is 6.48. The van der Waals surface area contributed by atoms with Crippen molar-refractivity contribution in [1.82, 2.24) is 0 Å². The number of rotatable bonds is 2. The van der Waals surface area contributed by atoms with Crippen LogP contribution in [0.25, 0.3) is 0 Å². The summed E-state index contributed by atoms with van der Waals surface area (Å²) >= 11 is 0. The number of ether oxygens (including phenoxy) is 1. The van der Waals surface area contributed by atoms with Gasteiger partial charge >= 0.3 is 0 Å². The minimum absolute atomic E-state index is 0.202. The summed E-state index contributed by atoms with van der Waals surface area (Å²) in [6, 6.07) is 30.0. The Bertz CT molecular complexity index is 877. The van der Waals surface area contributed by atoms with Crippen molar-refractivity contribution in [3.8, 4) is 0 Å². The van der Waals surface area contributed by atoms with E-state index >= 15 is 0 Å². The van der Waals surface area contributed by atoms with Crippen LogP contribution in [0.4, 0.5) is 5.69 Å². The van der Waals surface area contributed by atoms with Crippen LogP contribution in [0.1, 0.15) is 23.1 Å². The van der Waals surface area contributed by atoms with Gasteiger partial charge < -0.3 is 10.1 Å². The molecule has 2 heterocycles. The smallest absolute Gasteiger partial charge is 0.178 e. The lowest BCUT2D eigenvalue weighted by atomic mass is 9.66. The highest BCUT2D eigenvalue weighted by molar-refractivity contribution is 5.70. The van der Waals surface area contributed by atoms with Crippen LogP contribution < -0.4 is 5.32 Å². The van der Waals surface area contributed by atoms with Gasteiger partial charge in [-0.1, -0.05) is 78.9 Å². The fraction of sp³-hybridized carbons (Fsp3) is 0.182. The first-order chi connectivity index (χ1) is 11.9. The van der Waals surface area contributed by atoms with E-state index in [-0.39, 0.29) is 5.41 Å². The summed E-state index contributed by atoms with van der Waals surface area (Å²) in [5, 5.41) is 3.74. The maximum Gasteiger partial charge on any atom is 0.178 e. The number of fused-ring (bicyclic) bond motifs is 3. The Morgan fingerprint density at radius 3 is 2.08 bits per heavy atom. The van der Waals surface area contributed by atoms with Gasteiger partial charge in [-0.25, -0.2) is 0 Å². The molecule has 0 spiro atoms. The van der Waals surface area contributed by atoms with E-state index in [1.165, 1.54) is 22.4 Å². The molecule has 0 unspecified atom stereocenters. The molecule has 0 bridgehead atoms. The van der Waals surface area contributed by atoms with Crippen molar-refractivity contribution in [2.45, 2.75) is 17.6 Å². The van der Waals surface area contributed by atoms with Crippen LogP contribution in [-0.4, -0.2) is 6.61 Å². The van der Waals surface area contributed by atoms with E-state index in [0.29, 0.717) is 0 Å². The van der Waals surface area contributed by atoms with Crippen LogP contribution in [0.2, 0.25) is 0 Å². The normalized spacial score (nSPS) is 27.3. The van der Waals surface area contributed by atoms with Gasteiger partial charge in [-0.2, -0.15) is 0 Å². The number of benzene rings is 3. The predicted molar refractivity (Wildman–Crippen MR) is 96.0 cm³/mol. The molecule has 118 valence electrons. The quantitative estimate of drug-likeness (QED) is 0.742. The van der Waals surface area contributed by atoms with Crippen molar-refractivity contribution >= 4 is 5.69 Å². The molecule has 0 saturated carbocycles. The summed E-state index contributed by atoms with van der Waals surface area (Å²) < 4.78 is 6.48. The second kappa shape index (κ2) is 4.96. The predicted octanol–water partition coefficient (Wildman–Crippen LogP) is 4.67. The van der Waals surface area contributed by atoms with Crippen molar-refractivity contribution in [2.24, 2.45) is 0 Å². The Kier molecular flexibility index (Phi) is 2.85. The Morgan fingerprint density at radius 1 is 0.708 bits per heavy atom. The molecular formula is C22H19NO. The van der Waals surface area contributed by atoms with E-state index in [0.717, 1.165) is 13.0 Å². The molecule has 3 aromatic carbocycles. The molecule has 0 aromatic heterocycles. The van der Waals surface area contributed by atoms with Gasteiger partial charge in [-0.15, -0.1) is 0 Å². The Balaban J connectivity index is 1.85. The summed E-state index contributed by atoms with van der Waals surface area (Å²) in [5.41, 5.74) is 4.25. The molecule has 2 aliphatic rings. The zero-order valence-electron chi connectivity index (χ0n) is 13.4. The fourth-order valence-corrected chi connectivity index (χ4v) is 4.58. The third-order valence-corrected chi connectivity index (χ3v) is 5.54. The first kappa shape index (κ1) is 13.8.